The third-order valence-electron chi connectivity index (χ3n) is 3.31. The van der Waals surface area contributed by atoms with Crippen molar-refractivity contribution in [3.8, 4) is 5.75 Å². The highest BCUT2D eigenvalue weighted by molar-refractivity contribution is 5.98. The second-order valence-electron chi connectivity index (χ2n) is 4.55. The molecule has 0 unspecified atom stereocenters. The average molecular weight is 274 g/mol. The zero-order chi connectivity index (χ0) is 14.9. The third-order valence-corrected chi connectivity index (χ3v) is 3.31. The summed E-state index contributed by atoms with van der Waals surface area (Å²) >= 11 is 0. The minimum Gasteiger partial charge on any atom is -0.505 e. The van der Waals surface area contributed by atoms with Crippen LogP contribution in [0.15, 0.2) is 18.7 Å². The Morgan fingerprint density at radius 2 is 2.30 bits per heavy atom. The summed E-state index contributed by atoms with van der Waals surface area (Å²) in [5, 5.41) is 10.5. The molecule has 0 aliphatic rings. The highest BCUT2D eigenvalue weighted by Crippen LogP contribution is 2.33. The normalized spacial score (nSPS) is 10.8. The van der Waals surface area contributed by atoms with E-state index in [1.165, 1.54) is 0 Å². The lowest BCUT2D eigenvalue weighted by Gasteiger charge is -2.11. The Hall–Kier alpha value is -2.30. The van der Waals surface area contributed by atoms with Gasteiger partial charge >= 0.3 is 5.97 Å². The van der Waals surface area contributed by atoms with E-state index < -0.39 is 5.97 Å². The van der Waals surface area contributed by atoms with E-state index in [-0.39, 0.29) is 12.4 Å². The smallest absolute Gasteiger partial charge is 0.338 e. The average Bonchev–Trinajstić information content (AvgIpc) is 2.69. The van der Waals surface area contributed by atoms with Gasteiger partial charge in [-0.1, -0.05) is 6.08 Å². The van der Waals surface area contributed by atoms with Crippen LogP contribution in [0.2, 0.25) is 0 Å². The number of carbonyl (C=O) groups excluding carboxylic acids is 1. The Morgan fingerprint density at radius 3 is 2.90 bits per heavy atom. The highest BCUT2D eigenvalue weighted by Gasteiger charge is 2.21. The number of allylic oxidation sites excluding steroid dienone is 1. The SMILES string of the molecule is C=CCc1c(C(=O)OCC)cc2nc(C)n(C)c2c1O. The fraction of sp³-hybridized carbons (Fsp3) is 0.333. The van der Waals surface area contributed by atoms with E-state index in [1.54, 1.807) is 23.6 Å². The number of nitrogens with zero attached hydrogens (tertiary/aromatic N) is 2. The molecule has 0 saturated carbocycles. The molecule has 1 heterocycles. The summed E-state index contributed by atoms with van der Waals surface area (Å²) < 4.78 is 6.83. The van der Waals surface area contributed by atoms with E-state index in [2.05, 4.69) is 11.6 Å². The standard InChI is InChI=1S/C15H18N2O3/c1-5-7-10-11(15(19)20-6-2)8-12-13(14(10)18)17(4)9(3)16-12/h5,8,18H,1,6-7H2,2-4H3. The van der Waals surface area contributed by atoms with Crippen molar-refractivity contribution in [3.05, 3.63) is 35.7 Å². The van der Waals surface area contributed by atoms with Crippen LogP contribution in [0.4, 0.5) is 0 Å². The van der Waals surface area contributed by atoms with Crippen molar-refractivity contribution in [1.29, 1.82) is 0 Å². The predicted molar refractivity (Wildman–Crippen MR) is 77.0 cm³/mol. The molecule has 5 heteroatoms. The molecule has 0 atom stereocenters. The van der Waals surface area contributed by atoms with E-state index >= 15 is 0 Å². The number of esters is 1. The second kappa shape index (κ2) is 5.36. The van der Waals surface area contributed by atoms with E-state index in [9.17, 15) is 9.90 Å². The van der Waals surface area contributed by atoms with Crippen LogP contribution in [0.1, 0.15) is 28.7 Å². The van der Waals surface area contributed by atoms with Crippen molar-refractivity contribution in [2.24, 2.45) is 7.05 Å². The number of hydrogen-bond acceptors (Lipinski definition) is 4. The van der Waals surface area contributed by atoms with Crippen LogP contribution < -0.4 is 0 Å². The number of ether oxygens (including phenoxy) is 1. The number of hydrogen-bond donors (Lipinski definition) is 1. The highest BCUT2D eigenvalue weighted by atomic mass is 16.5. The van der Waals surface area contributed by atoms with E-state index in [0.29, 0.717) is 28.6 Å². The number of carbonyl (C=O) groups is 1. The van der Waals surface area contributed by atoms with E-state index in [4.69, 9.17) is 4.74 Å². The lowest BCUT2D eigenvalue weighted by molar-refractivity contribution is 0.0525. The molecule has 0 radical (unpaired) electrons. The number of imidazole rings is 1. The van der Waals surface area contributed by atoms with Gasteiger partial charge in [0.2, 0.25) is 0 Å². The second-order valence-corrected chi connectivity index (χ2v) is 4.55. The Labute approximate surface area is 117 Å². The topological polar surface area (TPSA) is 64.3 Å². The van der Waals surface area contributed by atoms with Gasteiger partial charge in [-0.25, -0.2) is 9.78 Å². The molecule has 1 N–H and O–H groups in total. The summed E-state index contributed by atoms with van der Waals surface area (Å²) in [6, 6.07) is 1.67. The Kier molecular flexibility index (Phi) is 3.79. The van der Waals surface area contributed by atoms with Crippen LogP contribution in [0.3, 0.4) is 0 Å². The fourth-order valence-electron chi connectivity index (χ4n) is 2.25. The number of aromatic nitrogens is 2. The summed E-state index contributed by atoms with van der Waals surface area (Å²) in [5.41, 5.74) is 2.06. The van der Waals surface area contributed by atoms with Crippen LogP contribution in [0.25, 0.3) is 11.0 Å². The van der Waals surface area contributed by atoms with Crippen LogP contribution in [-0.4, -0.2) is 27.2 Å². The summed E-state index contributed by atoms with van der Waals surface area (Å²) in [6.45, 7) is 7.54. The van der Waals surface area contributed by atoms with Gasteiger partial charge in [-0.2, -0.15) is 0 Å². The fourth-order valence-corrected chi connectivity index (χ4v) is 2.25. The van der Waals surface area contributed by atoms with Crippen LogP contribution in [0, 0.1) is 6.92 Å². The quantitative estimate of drug-likeness (QED) is 0.687. The number of aromatic hydroxyl groups is 1. The Morgan fingerprint density at radius 1 is 1.60 bits per heavy atom. The Balaban J connectivity index is 2.76. The molecule has 1 aromatic carbocycles. The van der Waals surface area contributed by atoms with Gasteiger partial charge in [-0.15, -0.1) is 6.58 Å². The predicted octanol–water partition coefficient (Wildman–Crippen LogP) is 2.49. The molecule has 0 spiro atoms. The zero-order valence-electron chi connectivity index (χ0n) is 11.9. The van der Waals surface area contributed by atoms with Crippen molar-refractivity contribution in [2.75, 3.05) is 6.61 Å². The Bertz CT molecular complexity index is 686. The van der Waals surface area contributed by atoms with Crippen LogP contribution in [-0.2, 0) is 18.2 Å². The molecule has 0 amide bonds. The number of benzene rings is 1. The minimum absolute atomic E-state index is 0.0635. The first-order valence-electron chi connectivity index (χ1n) is 6.47. The maximum Gasteiger partial charge on any atom is 0.338 e. The zero-order valence-corrected chi connectivity index (χ0v) is 11.9. The van der Waals surface area contributed by atoms with Gasteiger partial charge in [0, 0.05) is 12.6 Å². The third kappa shape index (κ3) is 2.15. The number of fused-ring (bicyclic) bond motifs is 1. The molecule has 5 nitrogen and oxygen atoms in total. The molecule has 0 saturated heterocycles. The lowest BCUT2D eigenvalue weighted by atomic mass is 10.0. The molecule has 0 bridgehead atoms. The monoisotopic (exact) mass is 274 g/mol. The first kappa shape index (κ1) is 14.1. The molecule has 106 valence electrons. The van der Waals surface area contributed by atoms with Gasteiger partial charge in [0.1, 0.15) is 17.1 Å². The maximum absolute atomic E-state index is 12.0. The van der Waals surface area contributed by atoms with Crippen LogP contribution in [0.5, 0.6) is 5.75 Å². The minimum atomic E-state index is -0.454. The van der Waals surface area contributed by atoms with Gasteiger partial charge in [0.15, 0.2) is 0 Å². The largest absolute Gasteiger partial charge is 0.505 e. The summed E-state index contributed by atoms with van der Waals surface area (Å²) in [4.78, 5) is 16.4. The molecule has 2 rings (SSSR count). The van der Waals surface area contributed by atoms with Crippen molar-refractivity contribution < 1.29 is 14.6 Å². The van der Waals surface area contributed by atoms with E-state index in [0.717, 1.165) is 5.82 Å². The maximum atomic E-state index is 12.0. The van der Waals surface area contributed by atoms with Crippen LogP contribution >= 0.6 is 0 Å². The first-order valence-corrected chi connectivity index (χ1v) is 6.47. The molecular weight excluding hydrogens is 256 g/mol. The molecule has 1 aromatic heterocycles. The van der Waals surface area contributed by atoms with Gasteiger partial charge in [0.05, 0.1) is 17.7 Å². The lowest BCUT2D eigenvalue weighted by Crippen LogP contribution is -2.08. The van der Waals surface area contributed by atoms with Crippen molar-refractivity contribution in [3.63, 3.8) is 0 Å². The molecule has 20 heavy (non-hydrogen) atoms. The number of rotatable bonds is 4. The summed E-state index contributed by atoms with van der Waals surface area (Å²) in [6.07, 6.45) is 2.03. The van der Waals surface area contributed by atoms with Gasteiger partial charge in [-0.05, 0) is 26.3 Å². The van der Waals surface area contributed by atoms with E-state index in [1.807, 2.05) is 14.0 Å². The molecule has 0 aliphatic carbocycles. The summed E-state index contributed by atoms with van der Waals surface area (Å²) in [7, 11) is 1.83. The number of phenolic OH excluding ortho intramolecular Hbond substituents is 1. The summed E-state index contributed by atoms with van der Waals surface area (Å²) in [5.74, 6) is 0.374. The molecular formula is C15H18N2O3. The molecule has 0 aliphatic heterocycles. The molecule has 0 fully saturated rings. The first-order chi connectivity index (χ1) is 9.51. The van der Waals surface area contributed by atoms with Crippen molar-refractivity contribution in [1.82, 2.24) is 9.55 Å². The van der Waals surface area contributed by atoms with Crippen molar-refractivity contribution >= 4 is 17.0 Å². The van der Waals surface area contributed by atoms with Gasteiger partial charge in [0.25, 0.3) is 0 Å². The van der Waals surface area contributed by atoms with Gasteiger partial charge in [-0.3, -0.25) is 0 Å². The van der Waals surface area contributed by atoms with Crippen molar-refractivity contribution in [2.45, 2.75) is 20.3 Å². The van der Waals surface area contributed by atoms with Gasteiger partial charge < -0.3 is 14.4 Å². The number of phenols is 1. The molecule has 2 aromatic rings. The number of aryl methyl sites for hydroxylation is 2.